The molecular formula is C21H64Y12-5. The molecule has 0 bridgehead atoms. The largest absolute Gasteiger partial charge is 3.00 e. The van der Waals surface area contributed by atoms with Crippen LogP contribution in [0, 0.1) is 58.9 Å². The maximum absolute atomic E-state index is 3.25. The van der Waals surface area contributed by atoms with Gasteiger partial charge in [0.25, 0.3) is 0 Å². The van der Waals surface area contributed by atoms with Gasteiger partial charge in [0.15, 0.2) is 0 Å². The van der Waals surface area contributed by atoms with E-state index in [2.05, 4.69) is 6.92 Å². The second kappa shape index (κ2) is 505. The van der Waals surface area contributed by atoms with E-state index in [1.807, 2.05) is 69.2 Å². The molecule has 33 heavy (non-hydrogen) atoms. The molecule has 0 aliphatic rings. The predicted molar refractivity (Wildman–Crippen MR) is 126 cm³/mol. The summed E-state index contributed by atoms with van der Waals surface area (Å²) in [6.07, 6.45) is 0. The van der Waals surface area contributed by atoms with Crippen molar-refractivity contribution < 1.29 is 393 Å². The Balaban J connectivity index is -0.000000000465. The maximum Gasteiger partial charge on any atom is 3.00 e. The normalized spacial score (nSPS) is 1.09. The van der Waals surface area contributed by atoms with Gasteiger partial charge in [-0.3, -0.25) is 0 Å². The third kappa shape index (κ3) is 482. The van der Waals surface area contributed by atoms with E-state index in [0.29, 0.717) is 0 Å². The fraction of sp³-hybridized carbons (Fsp3) is 0.619. The van der Waals surface area contributed by atoms with Crippen LogP contribution in [0.25, 0.3) is 0 Å². The summed E-state index contributed by atoms with van der Waals surface area (Å²) in [4.78, 5) is 0. The van der Waals surface area contributed by atoms with Crippen molar-refractivity contribution in [2.75, 3.05) is 0 Å². The van der Waals surface area contributed by atoms with Crippen molar-refractivity contribution in [1.29, 1.82) is 0 Å². The van der Waals surface area contributed by atoms with Crippen molar-refractivity contribution >= 4 is 0 Å². The molecule has 0 spiro atoms. The summed E-state index contributed by atoms with van der Waals surface area (Å²) < 4.78 is 0. The molecule has 0 aromatic rings. The Labute approximate surface area is 527 Å². The van der Waals surface area contributed by atoms with Crippen molar-refractivity contribution in [2.24, 2.45) is 0 Å². The van der Waals surface area contributed by atoms with Crippen molar-refractivity contribution in [3.05, 3.63) is 58.9 Å². The van der Waals surface area contributed by atoms with E-state index in [-0.39, 0.29) is 459 Å². The smallest absolute Gasteiger partial charge is 0.358 e. The van der Waals surface area contributed by atoms with Crippen molar-refractivity contribution in [3.8, 4) is 0 Å². The van der Waals surface area contributed by atoms with Crippen LogP contribution in [0.4, 0.5) is 0 Å². The van der Waals surface area contributed by atoms with Gasteiger partial charge in [-0.25, -0.2) is 0 Å². The standard InChI is InChI=1S/5C2H6.C2H5.2CH4.7CH3.12Y/c6*1-2;;;;;;;;;;;;;;;;;;;;;/h5*1-2H3;1H2,2H3;2*1H4;7*1H3;;;;;;;;;;;;/q;;;;;-1;;;7*-1;;;;;;;;;;;;+3. The molecule has 0 atom stereocenters. The number of hydrogen-bond donors (Lipinski definition) is 0. The minimum Gasteiger partial charge on any atom is -0.358 e. The Bertz CT molecular complexity index is 31.2. The van der Waals surface area contributed by atoms with Gasteiger partial charge in [-0.1, -0.05) is 84.1 Å². The summed E-state index contributed by atoms with van der Waals surface area (Å²) in [6.45, 7) is 25.0. The van der Waals surface area contributed by atoms with Crippen LogP contribution in [0.15, 0.2) is 0 Å². The molecule has 0 aromatic heterocycles. The molecule has 0 aliphatic heterocycles. The second-order valence-corrected chi connectivity index (χ2v) is 0. The van der Waals surface area contributed by atoms with Crippen LogP contribution in [-0.2, 0) is 393 Å². The van der Waals surface area contributed by atoms with Gasteiger partial charge in [0, 0.05) is 360 Å². The summed E-state index contributed by atoms with van der Waals surface area (Å²) in [6, 6.07) is 0. The van der Waals surface area contributed by atoms with Crippen LogP contribution in [0.2, 0.25) is 0 Å². The third-order valence-corrected chi connectivity index (χ3v) is 0. The Morgan fingerprint density at radius 3 is 0.242 bits per heavy atom. The van der Waals surface area contributed by atoms with Gasteiger partial charge in [0.2, 0.25) is 0 Å². The molecule has 0 nitrogen and oxygen atoms in total. The summed E-state index contributed by atoms with van der Waals surface area (Å²) in [5, 5.41) is 0. The van der Waals surface area contributed by atoms with E-state index in [1.54, 1.807) is 6.92 Å². The fourth-order valence-electron chi connectivity index (χ4n) is 0. The Morgan fingerprint density at radius 1 is 0.242 bits per heavy atom. The summed E-state index contributed by atoms with van der Waals surface area (Å²) >= 11 is 0. The monoisotopic (exact) mass is 1380 g/mol. The van der Waals surface area contributed by atoms with E-state index < -0.39 is 0 Å². The van der Waals surface area contributed by atoms with Gasteiger partial charge < -0.3 is 58.9 Å². The SMILES string of the molecule is C.C.CC.CC.CC.CC.CC.[CH2-]C.[CH3-].[CH3-].[CH3-].[CH3-].[CH3-].[CH3-].[CH3-].[Y+3].[Y].[Y].[Y].[Y].[Y].[Y].[Y].[Y].[Y].[Y].[Y]. The molecular weight excluding hydrogens is 1320 g/mol. The Morgan fingerprint density at radius 2 is 0.242 bits per heavy atom. The van der Waals surface area contributed by atoms with Crippen LogP contribution in [0.5, 0.6) is 0 Å². The maximum atomic E-state index is 3.25. The molecule has 0 saturated heterocycles. The van der Waals surface area contributed by atoms with E-state index >= 15 is 0 Å². The van der Waals surface area contributed by atoms with Crippen LogP contribution in [0.1, 0.15) is 91.0 Å². The number of rotatable bonds is 0. The minimum absolute atomic E-state index is 0. The molecule has 0 aromatic carbocycles. The molecule has 0 N–H and O–H groups in total. The zero-order chi connectivity index (χ0) is 12.0. The molecule has 0 saturated carbocycles. The summed E-state index contributed by atoms with van der Waals surface area (Å²) in [5.74, 6) is 0. The quantitative estimate of drug-likeness (QED) is 0.212. The Hall–Kier alpha value is 13.2. The number of hydrogen-bond acceptors (Lipinski definition) is 0. The Kier molecular flexibility index (Phi) is 3910. The zero-order valence-electron chi connectivity index (χ0n) is 25.6. The van der Waals surface area contributed by atoms with Gasteiger partial charge in [-0.2, -0.15) is 6.92 Å². The second-order valence-electron chi connectivity index (χ2n) is 0. The van der Waals surface area contributed by atoms with Crippen LogP contribution in [-0.4, -0.2) is 0 Å². The van der Waals surface area contributed by atoms with E-state index in [4.69, 9.17) is 0 Å². The predicted octanol–water partition coefficient (Wildman–Crippen LogP) is 10.4. The summed E-state index contributed by atoms with van der Waals surface area (Å²) in [5.41, 5.74) is 0. The van der Waals surface area contributed by atoms with Gasteiger partial charge in [-0.05, 0) is 0 Å². The van der Waals surface area contributed by atoms with E-state index in [1.165, 1.54) is 0 Å². The van der Waals surface area contributed by atoms with Gasteiger partial charge in [0.05, 0.1) is 0 Å². The first-order valence-electron chi connectivity index (χ1n) is 5.71. The molecule has 189 valence electrons. The van der Waals surface area contributed by atoms with Crippen LogP contribution >= 0.6 is 0 Å². The molecule has 0 heterocycles. The summed E-state index contributed by atoms with van der Waals surface area (Å²) in [7, 11) is 0. The van der Waals surface area contributed by atoms with E-state index in [9.17, 15) is 0 Å². The molecule has 0 rings (SSSR count). The van der Waals surface area contributed by atoms with Crippen molar-refractivity contribution in [2.45, 2.75) is 91.0 Å². The first-order chi connectivity index (χ1) is 6.00. The average Bonchev–Trinajstić information content (AvgIpc) is 2.33. The third-order valence-electron chi connectivity index (χ3n) is 0. The van der Waals surface area contributed by atoms with E-state index in [0.717, 1.165) is 0 Å². The molecule has 12 heteroatoms. The first kappa shape index (κ1) is 256. The fourth-order valence-corrected chi connectivity index (χ4v) is 0. The van der Waals surface area contributed by atoms with Crippen LogP contribution < -0.4 is 0 Å². The van der Waals surface area contributed by atoms with Gasteiger partial charge >= 0.3 is 32.7 Å². The van der Waals surface area contributed by atoms with Crippen molar-refractivity contribution in [1.82, 2.24) is 0 Å². The molecule has 0 fully saturated rings. The molecule has 0 amide bonds. The first-order valence-corrected chi connectivity index (χ1v) is 5.71. The average molecular weight is 1380 g/mol. The van der Waals surface area contributed by atoms with Crippen molar-refractivity contribution in [3.63, 3.8) is 0 Å². The molecule has 0 unspecified atom stereocenters. The zero-order valence-corrected chi connectivity index (χ0v) is 59.7. The minimum atomic E-state index is 0. The van der Waals surface area contributed by atoms with Crippen LogP contribution in [0.3, 0.4) is 0 Å². The molecule has 0 aliphatic carbocycles. The molecule has 11 radical (unpaired) electrons. The van der Waals surface area contributed by atoms with Gasteiger partial charge in [-0.15, -0.1) is 0 Å². The van der Waals surface area contributed by atoms with Gasteiger partial charge in [0.1, 0.15) is 0 Å². The topological polar surface area (TPSA) is 0 Å².